The van der Waals surface area contributed by atoms with Crippen molar-refractivity contribution in [3.05, 3.63) is 0 Å². The highest BCUT2D eigenvalue weighted by molar-refractivity contribution is 5.85. The van der Waals surface area contributed by atoms with Crippen molar-refractivity contribution in [2.45, 2.75) is 32.2 Å². The Balaban J connectivity index is -0.000000167. The molecule has 6 heteroatoms. The monoisotopic (exact) mass is 228 g/mol. The number of unbranched alkanes of at least 4 members (excludes halogenated alkanes) is 1. The molecule has 0 amide bonds. The van der Waals surface area contributed by atoms with Gasteiger partial charge in [-0.25, -0.2) is 0 Å². The number of nitrogens with one attached hydrogen (secondary N) is 1. The van der Waals surface area contributed by atoms with Crippen molar-refractivity contribution in [2.24, 2.45) is 5.73 Å². The number of likely N-dealkylation sites (N-methyl/N-ethyl adjacent to an activating group) is 1. The molecule has 0 aromatic carbocycles. The largest absolute Gasteiger partial charge is 0.344 e. The summed E-state index contributed by atoms with van der Waals surface area (Å²) in [4.78, 5) is 10.9. The Kier molecular flexibility index (Phi) is 25.7. The summed E-state index contributed by atoms with van der Waals surface area (Å²) in [6, 6.07) is 0.0292. The lowest BCUT2D eigenvalue weighted by molar-refractivity contribution is -0.119. The number of carbonyl (C=O) groups excluding carboxylic acids is 1. The summed E-state index contributed by atoms with van der Waals surface area (Å²) in [6.07, 6.45) is 2.94. The Bertz CT molecular complexity index is 124. The van der Waals surface area contributed by atoms with E-state index < -0.39 is 0 Å². The molecule has 9 N–H and O–H groups in total. The highest BCUT2D eigenvalue weighted by atomic mass is 35.5. The van der Waals surface area contributed by atoms with Crippen molar-refractivity contribution < 1.29 is 4.79 Å². The van der Waals surface area contributed by atoms with Gasteiger partial charge < -0.3 is 23.4 Å². The summed E-state index contributed by atoms with van der Waals surface area (Å²) in [5.41, 5.74) is 5.33. The maximum atomic E-state index is 10.9. The Morgan fingerprint density at radius 2 is 1.86 bits per heavy atom. The maximum absolute atomic E-state index is 10.9. The van der Waals surface area contributed by atoms with Gasteiger partial charge in [0, 0.05) is 0 Å². The fraction of sp³-hybridized carbons (Fsp3) is 0.875. The van der Waals surface area contributed by atoms with Crippen LogP contribution in [-0.2, 0) is 4.79 Å². The molecule has 0 heterocycles. The third-order valence-corrected chi connectivity index (χ3v) is 1.79. The fourth-order valence-corrected chi connectivity index (χ4v) is 1.04. The van der Waals surface area contributed by atoms with Crippen LogP contribution in [0.3, 0.4) is 0 Å². The zero-order valence-corrected chi connectivity index (χ0v) is 10.0. The highest BCUT2D eigenvalue weighted by Gasteiger charge is 2.09. The van der Waals surface area contributed by atoms with Crippen LogP contribution < -0.4 is 23.4 Å². The van der Waals surface area contributed by atoms with Gasteiger partial charge in [-0.2, -0.15) is 0 Å². The lowest BCUT2D eigenvalue weighted by Crippen LogP contribution is -2.32. The number of ketones is 1. The Labute approximate surface area is 92.8 Å². The predicted octanol–water partition coefficient (Wildman–Crippen LogP) is 1.04. The molecule has 0 aromatic rings. The van der Waals surface area contributed by atoms with Crippen molar-refractivity contribution in [3.8, 4) is 0 Å². The lowest BCUT2D eigenvalue weighted by atomic mass is 10.1. The van der Waals surface area contributed by atoms with Gasteiger partial charge in [0.1, 0.15) is 5.78 Å². The van der Waals surface area contributed by atoms with Gasteiger partial charge in [-0.05, 0) is 33.4 Å². The highest BCUT2D eigenvalue weighted by Crippen LogP contribution is 2.00. The van der Waals surface area contributed by atoms with Crippen molar-refractivity contribution in [2.75, 3.05) is 13.6 Å². The standard InChI is InChI=1S/C8H18N2O.ClH.2H3N/c1-7(11)8(10-2)5-3-4-6-9;;;/h8,10H,3-6,9H2,1-2H3;1H;2*1H3. The van der Waals surface area contributed by atoms with Crippen LogP contribution in [0.4, 0.5) is 0 Å². The Hall–Kier alpha value is -0.200. The minimum atomic E-state index is 0. The third-order valence-electron chi connectivity index (χ3n) is 1.79. The van der Waals surface area contributed by atoms with Gasteiger partial charge in [-0.1, -0.05) is 6.42 Å². The van der Waals surface area contributed by atoms with Crippen LogP contribution in [0.25, 0.3) is 0 Å². The van der Waals surface area contributed by atoms with Crippen molar-refractivity contribution in [3.63, 3.8) is 0 Å². The van der Waals surface area contributed by atoms with E-state index in [2.05, 4.69) is 5.32 Å². The Morgan fingerprint density at radius 3 is 2.14 bits per heavy atom. The van der Waals surface area contributed by atoms with Crippen LogP contribution in [0.1, 0.15) is 26.2 Å². The molecule has 0 saturated heterocycles. The van der Waals surface area contributed by atoms with Crippen LogP contribution in [0.5, 0.6) is 0 Å². The minimum Gasteiger partial charge on any atom is -0.344 e. The van der Waals surface area contributed by atoms with E-state index in [1.807, 2.05) is 7.05 Å². The molecular formula is C8H25ClN4O. The minimum absolute atomic E-state index is 0. The molecular weight excluding hydrogens is 204 g/mol. The first-order valence-corrected chi connectivity index (χ1v) is 4.10. The summed E-state index contributed by atoms with van der Waals surface area (Å²) in [5.74, 6) is 0.213. The summed E-state index contributed by atoms with van der Waals surface area (Å²) in [5, 5.41) is 2.97. The number of nitrogens with two attached hydrogens (primary N) is 1. The van der Waals surface area contributed by atoms with E-state index in [1.165, 1.54) is 0 Å². The molecule has 1 unspecified atom stereocenters. The van der Waals surface area contributed by atoms with Gasteiger partial charge in [0.2, 0.25) is 0 Å². The van der Waals surface area contributed by atoms with E-state index in [1.54, 1.807) is 6.92 Å². The molecule has 0 saturated carbocycles. The summed E-state index contributed by atoms with van der Waals surface area (Å²) >= 11 is 0. The molecule has 0 aromatic heterocycles. The Morgan fingerprint density at radius 1 is 1.36 bits per heavy atom. The number of halogens is 1. The average molecular weight is 229 g/mol. The topological polar surface area (TPSA) is 125 Å². The first-order valence-electron chi connectivity index (χ1n) is 4.10. The van der Waals surface area contributed by atoms with Crippen LogP contribution in [0.15, 0.2) is 0 Å². The zero-order valence-electron chi connectivity index (χ0n) is 9.21. The van der Waals surface area contributed by atoms with Gasteiger partial charge in [-0.3, -0.25) is 4.79 Å². The number of rotatable bonds is 6. The van der Waals surface area contributed by atoms with Gasteiger partial charge in [-0.15, -0.1) is 12.4 Å². The fourth-order valence-electron chi connectivity index (χ4n) is 1.04. The van der Waals surface area contributed by atoms with Gasteiger partial charge in [0.05, 0.1) is 6.04 Å². The van der Waals surface area contributed by atoms with E-state index in [-0.39, 0.29) is 36.5 Å². The molecule has 0 radical (unpaired) electrons. The van der Waals surface area contributed by atoms with Crippen molar-refractivity contribution in [1.29, 1.82) is 0 Å². The maximum Gasteiger partial charge on any atom is 0.146 e. The van der Waals surface area contributed by atoms with Crippen LogP contribution in [0.2, 0.25) is 0 Å². The normalized spacial score (nSPS) is 10.2. The average Bonchev–Trinajstić information content (AvgIpc) is 1.97. The number of hydrogen-bond acceptors (Lipinski definition) is 5. The van der Waals surface area contributed by atoms with Crippen molar-refractivity contribution in [1.82, 2.24) is 17.6 Å². The smallest absolute Gasteiger partial charge is 0.146 e. The number of hydrogen-bond donors (Lipinski definition) is 4. The number of carbonyl (C=O) groups is 1. The number of Topliss-reactive ketones (excluding diaryl/α,β-unsaturated/α-hetero) is 1. The molecule has 0 aliphatic heterocycles. The van der Waals surface area contributed by atoms with Gasteiger partial charge in [0.25, 0.3) is 0 Å². The molecule has 14 heavy (non-hydrogen) atoms. The molecule has 0 aliphatic carbocycles. The van der Waals surface area contributed by atoms with E-state index >= 15 is 0 Å². The first kappa shape index (κ1) is 23.5. The van der Waals surface area contributed by atoms with Crippen LogP contribution in [0, 0.1) is 0 Å². The molecule has 0 aliphatic rings. The van der Waals surface area contributed by atoms with E-state index in [0.717, 1.165) is 19.3 Å². The molecule has 5 nitrogen and oxygen atoms in total. The molecule has 90 valence electrons. The summed E-state index contributed by atoms with van der Waals surface area (Å²) in [6.45, 7) is 2.33. The van der Waals surface area contributed by atoms with Crippen LogP contribution >= 0.6 is 12.4 Å². The quantitative estimate of drug-likeness (QED) is 0.506. The first-order chi connectivity index (χ1) is 5.22. The van der Waals surface area contributed by atoms with Gasteiger partial charge in [0.15, 0.2) is 0 Å². The second kappa shape index (κ2) is 15.3. The second-order valence-corrected chi connectivity index (χ2v) is 2.74. The van der Waals surface area contributed by atoms with Crippen molar-refractivity contribution >= 4 is 18.2 Å². The molecule has 1 atom stereocenters. The SMILES string of the molecule is CNC(CCCCN)C(C)=O.Cl.N.N. The molecule has 0 rings (SSSR count). The summed E-state index contributed by atoms with van der Waals surface area (Å²) in [7, 11) is 1.81. The zero-order chi connectivity index (χ0) is 8.69. The molecule has 0 bridgehead atoms. The second-order valence-electron chi connectivity index (χ2n) is 2.74. The molecule has 0 fully saturated rings. The molecule has 0 spiro atoms. The van der Waals surface area contributed by atoms with Crippen LogP contribution in [-0.4, -0.2) is 25.4 Å². The van der Waals surface area contributed by atoms with E-state index in [0.29, 0.717) is 6.54 Å². The van der Waals surface area contributed by atoms with Gasteiger partial charge >= 0.3 is 0 Å². The summed E-state index contributed by atoms with van der Waals surface area (Å²) < 4.78 is 0. The van der Waals surface area contributed by atoms with E-state index in [4.69, 9.17) is 5.73 Å². The predicted molar refractivity (Wildman–Crippen MR) is 63.7 cm³/mol. The third kappa shape index (κ3) is 11.8. The lowest BCUT2D eigenvalue weighted by Gasteiger charge is -2.11. The van der Waals surface area contributed by atoms with E-state index in [9.17, 15) is 4.79 Å².